The Morgan fingerprint density at radius 1 is 0.875 bits per heavy atom. The summed E-state index contributed by atoms with van der Waals surface area (Å²) in [5.74, 6) is -0.740. The number of guanidine groups is 1. The van der Waals surface area contributed by atoms with Crippen molar-refractivity contribution in [1.82, 2.24) is 5.32 Å². The van der Waals surface area contributed by atoms with Crippen molar-refractivity contribution in [3.63, 3.8) is 0 Å². The molecule has 0 bridgehead atoms. The number of unbranched alkanes of at least 4 members (excludes halogenated alkanes) is 9. The van der Waals surface area contributed by atoms with Gasteiger partial charge in [0, 0.05) is 24.2 Å². The smallest absolute Gasteiger partial charge is 0.300 e. The molecule has 0 spiro atoms. The van der Waals surface area contributed by atoms with Gasteiger partial charge in [-0.15, -0.1) is 22.7 Å². The number of carboxylic acids is 1. The Kier molecular flexibility index (Phi) is 16.5. The molecule has 0 fully saturated rings. The second-order valence-electron chi connectivity index (χ2n) is 8.99. The van der Waals surface area contributed by atoms with Gasteiger partial charge in [0.15, 0.2) is 5.96 Å². The Labute approximate surface area is 242 Å². The molecular weight excluding hydrogens is 546 g/mol. The summed E-state index contributed by atoms with van der Waals surface area (Å²) in [6, 6.07) is 10.4. The van der Waals surface area contributed by atoms with Crippen LogP contribution in [0.1, 0.15) is 87.8 Å². The topological polar surface area (TPSA) is 181 Å². The minimum atomic E-state index is -0.833. The van der Waals surface area contributed by atoms with Gasteiger partial charge in [0.25, 0.3) is 5.97 Å². The first-order valence-corrected chi connectivity index (χ1v) is 14.9. The third-order valence-corrected chi connectivity index (χ3v) is 8.14. The number of carbonyl (C=O) groups is 1. The molecule has 11 heteroatoms. The predicted octanol–water partition coefficient (Wildman–Crippen LogP) is 5.63. The van der Waals surface area contributed by atoms with E-state index in [2.05, 4.69) is 12.2 Å². The van der Waals surface area contributed by atoms with Crippen LogP contribution < -0.4 is 21.9 Å². The van der Waals surface area contributed by atoms with E-state index >= 15 is 0 Å². The van der Waals surface area contributed by atoms with Crippen LogP contribution in [0.15, 0.2) is 33.9 Å². The van der Waals surface area contributed by atoms with Crippen molar-refractivity contribution in [3.05, 3.63) is 63.5 Å². The molecule has 1 aromatic rings. The summed E-state index contributed by atoms with van der Waals surface area (Å²) in [6.07, 6.45) is 13.5. The normalized spacial score (nSPS) is 9.90. The van der Waals surface area contributed by atoms with E-state index in [1.807, 2.05) is 12.1 Å². The first-order valence-electron chi connectivity index (χ1n) is 13.3. The van der Waals surface area contributed by atoms with Gasteiger partial charge >= 0.3 is 0 Å². The fraction of sp³-hybridized carbons (Fsp3) is 0.448. The number of fused-ring (bicyclic) bond motifs is 1. The van der Waals surface area contributed by atoms with E-state index in [4.69, 9.17) is 31.6 Å². The van der Waals surface area contributed by atoms with Crippen LogP contribution in [0.2, 0.25) is 0 Å². The first-order chi connectivity index (χ1) is 19.2. The number of nitrogens with zero attached hydrogens (tertiary/aromatic N) is 2. The average molecular weight is 584 g/mol. The van der Waals surface area contributed by atoms with Crippen molar-refractivity contribution in [3.8, 4) is 12.1 Å². The molecule has 0 radical (unpaired) electrons. The number of aliphatic carboxylic acids is 1. The van der Waals surface area contributed by atoms with E-state index in [0.29, 0.717) is 10.8 Å². The number of rotatable bonds is 11. The van der Waals surface area contributed by atoms with Gasteiger partial charge in [-0.25, -0.2) is 0 Å². The summed E-state index contributed by atoms with van der Waals surface area (Å²) >= 11 is 1.82. The number of hydrogen-bond acceptors (Lipinski definition) is 8. The van der Waals surface area contributed by atoms with Crippen molar-refractivity contribution < 1.29 is 9.90 Å². The van der Waals surface area contributed by atoms with Crippen molar-refractivity contribution in [2.75, 3.05) is 6.54 Å². The number of carboxylic acid groups (broad SMARTS) is 1. The number of nitrogens with one attached hydrogen (secondary N) is 2. The van der Waals surface area contributed by atoms with E-state index in [-0.39, 0.29) is 35.6 Å². The summed E-state index contributed by atoms with van der Waals surface area (Å²) in [5.41, 5.74) is 4.65. The monoisotopic (exact) mass is 583 g/mol. The summed E-state index contributed by atoms with van der Waals surface area (Å²) in [4.78, 5) is 34.1. The third-order valence-electron chi connectivity index (χ3n) is 5.70. The standard InChI is InChI=1S/C14H4N2O2S2.C13H29N3.C2H4O2/c15-5-9-10(6-16)20-14-12(18)8-4-2-1-3-7(8)11(17)13(14)19-9;1-2-3-4-5-6-7-8-9-10-11-12-16-13(14)15;1-2(3)4/h1-4H;2-12H2,1H3,(H4,14,15,16);1H3,(H,3,4). The molecule has 40 heavy (non-hydrogen) atoms. The van der Waals surface area contributed by atoms with Gasteiger partial charge in [-0.05, 0) is 6.42 Å². The summed E-state index contributed by atoms with van der Waals surface area (Å²) < 4.78 is 0.489. The summed E-state index contributed by atoms with van der Waals surface area (Å²) in [6.45, 7) is 4.20. The maximum atomic E-state index is 12.4. The number of nitriles is 2. The van der Waals surface area contributed by atoms with E-state index < -0.39 is 5.97 Å². The zero-order valence-corrected chi connectivity index (χ0v) is 24.7. The second-order valence-corrected chi connectivity index (χ2v) is 11.0. The molecule has 2 aliphatic rings. The number of nitrogens with two attached hydrogens (primary N) is 1. The Bertz CT molecular complexity index is 1430. The Morgan fingerprint density at radius 3 is 1.60 bits per heavy atom. The number of benzene rings is 1. The van der Waals surface area contributed by atoms with E-state index in [9.17, 15) is 9.59 Å². The van der Waals surface area contributed by atoms with Crippen LogP contribution in [0.4, 0.5) is 0 Å². The molecule has 0 aromatic heterocycles. The minimum Gasteiger partial charge on any atom is -0.481 e. The zero-order valence-electron chi connectivity index (χ0n) is 23.0. The first kappa shape index (κ1) is 34.2. The second kappa shape index (κ2) is 19.3. The molecule has 0 amide bonds. The van der Waals surface area contributed by atoms with E-state index in [1.54, 1.807) is 24.3 Å². The maximum absolute atomic E-state index is 12.4. The van der Waals surface area contributed by atoms with Crippen LogP contribution in [0.5, 0.6) is 0 Å². The van der Waals surface area contributed by atoms with Crippen LogP contribution >= 0.6 is 22.7 Å². The van der Waals surface area contributed by atoms with Crippen molar-refractivity contribution >= 4 is 45.4 Å². The van der Waals surface area contributed by atoms with Gasteiger partial charge in [0.2, 0.25) is 10.9 Å². The van der Waals surface area contributed by atoms with Crippen LogP contribution in [0.3, 0.4) is 0 Å². The summed E-state index contributed by atoms with van der Waals surface area (Å²) in [5, 5.41) is 36.0. The van der Waals surface area contributed by atoms with Gasteiger partial charge < -0.3 is 16.2 Å². The van der Waals surface area contributed by atoms with E-state index in [0.717, 1.165) is 42.6 Å². The molecule has 214 valence electrons. The molecule has 0 unspecified atom stereocenters. The van der Waals surface area contributed by atoms with Crippen molar-refractivity contribution in [2.45, 2.75) is 78.1 Å². The fourth-order valence-corrected chi connectivity index (χ4v) is 5.85. The van der Waals surface area contributed by atoms with Gasteiger partial charge in [0.05, 0.1) is 9.06 Å². The molecule has 1 heterocycles. The van der Waals surface area contributed by atoms with Gasteiger partial charge in [-0.1, -0.05) is 89.0 Å². The lowest BCUT2D eigenvalue weighted by atomic mass is 10.1. The molecule has 1 aliphatic carbocycles. The highest BCUT2D eigenvalue weighted by Gasteiger charge is 2.12. The van der Waals surface area contributed by atoms with Gasteiger partial charge in [-0.2, -0.15) is 10.5 Å². The lowest BCUT2D eigenvalue weighted by Gasteiger charge is -2.03. The average Bonchev–Trinajstić information content (AvgIpc) is 2.93. The third kappa shape index (κ3) is 11.9. The van der Waals surface area contributed by atoms with E-state index in [1.165, 1.54) is 57.8 Å². The lowest BCUT2D eigenvalue weighted by molar-refractivity contribution is -0.134. The molecule has 1 aliphatic heterocycles. The lowest BCUT2D eigenvalue weighted by Crippen LogP contribution is -2.30. The van der Waals surface area contributed by atoms with Crippen molar-refractivity contribution in [1.29, 1.82) is 15.9 Å². The van der Waals surface area contributed by atoms with Crippen molar-refractivity contribution in [2.24, 2.45) is 5.73 Å². The minimum absolute atomic E-state index is 0.0934. The quantitative estimate of drug-likeness (QED) is 0.127. The number of hydrogen-bond donors (Lipinski definition) is 4. The summed E-state index contributed by atoms with van der Waals surface area (Å²) in [7, 11) is 0. The van der Waals surface area contributed by atoms with Gasteiger partial charge in [-0.3, -0.25) is 19.8 Å². The Balaban J connectivity index is 0.000000362. The Hall–Kier alpha value is -3.80. The highest BCUT2D eigenvalue weighted by atomic mass is 32.1. The fourth-order valence-electron chi connectivity index (χ4n) is 3.79. The molecular formula is C29H37N5O4S2. The zero-order chi connectivity index (χ0) is 29.9. The molecule has 0 saturated heterocycles. The molecule has 1 aromatic carbocycles. The molecule has 0 saturated carbocycles. The van der Waals surface area contributed by atoms with Crippen LogP contribution in [0, 0.1) is 37.1 Å². The SMILES string of the molecule is CC(=O)O.CCCCCCCCCCCCNC(=N)N.N#Cc1sc2c(=O)c3ccccc3c(=O)c=2sc1C#N. The van der Waals surface area contributed by atoms with Crippen LogP contribution in [0.25, 0.3) is 10.8 Å². The predicted molar refractivity (Wildman–Crippen MR) is 162 cm³/mol. The highest BCUT2D eigenvalue weighted by Crippen LogP contribution is 2.20. The van der Waals surface area contributed by atoms with Crippen LogP contribution in [-0.2, 0) is 4.79 Å². The van der Waals surface area contributed by atoms with Gasteiger partial charge in [0.1, 0.15) is 21.9 Å². The van der Waals surface area contributed by atoms with Crippen LogP contribution in [-0.4, -0.2) is 23.6 Å². The highest BCUT2D eigenvalue weighted by molar-refractivity contribution is 7.18. The Morgan fingerprint density at radius 2 is 1.25 bits per heavy atom. The molecule has 9 nitrogen and oxygen atoms in total. The maximum Gasteiger partial charge on any atom is 0.300 e. The molecule has 0 atom stereocenters. The molecule has 5 N–H and O–H groups in total. The molecule has 3 rings (SSSR count). The largest absolute Gasteiger partial charge is 0.481 e.